The van der Waals surface area contributed by atoms with E-state index in [-0.39, 0.29) is 6.54 Å². The number of sulfonamides is 1. The Morgan fingerprint density at radius 3 is 2.83 bits per heavy atom. The van der Waals surface area contributed by atoms with Gasteiger partial charge in [-0.15, -0.1) is 0 Å². The molecule has 0 fully saturated rings. The van der Waals surface area contributed by atoms with E-state index in [9.17, 15) is 17.6 Å². The van der Waals surface area contributed by atoms with Gasteiger partial charge in [-0.1, -0.05) is 6.07 Å². The van der Waals surface area contributed by atoms with E-state index in [0.717, 1.165) is 9.87 Å². The molecule has 1 aliphatic heterocycles. The van der Waals surface area contributed by atoms with Crippen molar-refractivity contribution < 1.29 is 22.7 Å². The lowest BCUT2D eigenvalue weighted by Crippen LogP contribution is -2.32. The van der Waals surface area contributed by atoms with Crippen molar-refractivity contribution >= 4 is 21.7 Å². The molecule has 0 unspecified atom stereocenters. The number of halogens is 1. The molecule has 18 heavy (non-hydrogen) atoms. The van der Waals surface area contributed by atoms with Crippen LogP contribution in [0.15, 0.2) is 18.2 Å². The Morgan fingerprint density at radius 1 is 1.44 bits per heavy atom. The van der Waals surface area contributed by atoms with Crippen LogP contribution in [0.2, 0.25) is 0 Å². The van der Waals surface area contributed by atoms with Crippen LogP contribution in [0.4, 0.5) is 10.1 Å². The lowest BCUT2D eigenvalue weighted by Gasteiger charge is -2.18. The Balaban J connectivity index is 2.27. The van der Waals surface area contributed by atoms with Crippen molar-refractivity contribution in [3.05, 3.63) is 29.6 Å². The largest absolute Gasteiger partial charge is 0.481 e. The molecule has 0 radical (unpaired) electrons. The molecular weight excluding hydrogens is 261 g/mol. The van der Waals surface area contributed by atoms with E-state index in [2.05, 4.69) is 0 Å². The van der Waals surface area contributed by atoms with Crippen molar-refractivity contribution in [3.8, 4) is 0 Å². The van der Waals surface area contributed by atoms with E-state index >= 15 is 0 Å². The average molecular weight is 273 g/mol. The van der Waals surface area contributed by atoms with Gasteiger partial charge in [0.15, 0.2) is 0 Å². The molecule has 0 atom stereocenters. The average Bonchev–Trinajstić information content (AvgIpc) is 2.70. The first-order valence-electron chi connectivity index (χ1n) is 5.41. The standard InChI is InChI=1S/C11H12FNO4S/c12-9-2-1-8-3-5-13(10(8)7-9)18(16,17)6-4-11(14)15/h1-2,7H,3-6H2,(H,14,15). The summed E-state index contributed by atoms with van der Waals surface area (Å²) >= 11 is 0. The molecule has 2 rings (SSSR count). The maximum atomic E-state index is 13.1. The fourth-order valence-corrected chi connectivity index (χ4v) is 3.43. The normalized spacial score (nSPS) is 14.6. The second-order valence-corrected chi connectivity index (χ2v) is 6.07. The van der Waals surface area contributed by atoms with Gasteiger partial charge >= 0.3 is 5.97 Å². The minimum Gasteiger partial charge on any atom is -0.481 e. The molecule has 1 aromatic rings. The van der Waals surface area contributed by atoms with E-state index in [1.54, 1.807) is 6.07 Å². The Labute approximate surface area is 104 Å². The number of benzene rings is 1. The predicted molar refractivity (Wildman–Crippen MR) is 63.5 cm³/mol. The number of hydrogen-bond acceptors (Lipinski definition) is 3. The van der Waals surface area contributed by atoms with Crippen LogP contribution in [0.25, 0.3) is 0 Å². The summed E-state index contributed by atoms with van der Waals surface area (Å²) in [5.74, 6) is -2.15. The van der Waals surface area contributed by atoms with Crippen LogP contribution in [-0.2, 0) is 21.2 Å². The minimum absolute atomic E-state index is 0.237. The van der Waals surface area contributed by atoms with Gasteiger partial charge in [0.05, 0.1) is 17.9 Å². The SMILES string of the molecule is O=C(O)CCS(=O)(=O)N1CCc2ccc(F)cc21. The second-order valence-electron chi connectivity index (χ2n) is 4.05. The maximum absolute atomic E-state index is 13.1. The smallest absolute Gasteiger partial charge is 0.304 e. The molecule has 1 N–H and O–H groups in total. The molecule has 0 aliphatic carbocycles. The van der Waals surface area contributed by atoms with Crippen LogP contribution in [0, 0.1) is 5.82 Å². The quantitative estimate of drug-likeness (QED) is 0.887. The van der Waals surface area contributed by atoms with Crippen LogP contribution in [-0.4, -0.2) is 31.8 Å². The van der Waals surface area contributed by atoms with Crippen molar-refractivity contribution in [2.75, 3.05) is 16.6 Å². The summed E-state index contributed by atoms with van der Waals surface area (Å²) in [7, 11) is -3.70. The summed E-state index contributed by atoms with van der Waals surface area (Å²) in [5, 5.41) is 8.52. The van der Waals surface area contributed by atoms with Crippen molar-refractivity contribution in [1.29, 1.82) is 0 Å². The minimum atomic E-state index is -3.70. The Kier molecular flexibility index (Phi) is 3.25. The number of aliphatic carboxylic acids is 1. The van der Waals surface area contributed by atoms with Crippen LogP contribution in [0.3, 0.4) is 0 Å². The fourth-order valence-electron chi connectivity index (χ4n) is 1.94. The Bertz CT molecular complexity index is 585. The third-order valence-electron chi connectivity index (χ3n) is 2.81. The van der Waals surface area contributed by atoms with E-state index in [4.69, 9.17) is 5.11 Å². The van der Waals surface area contributed by atoms with Gasteiger partial charge in [-0.2, -0.15) is 0 Å². The number of hydrogen-bond donors (Lipinski definition) is 1. The van der Waals surface area contributed by atoms with Crippen molar-refractivity contribution in [2.24, 2.45) is 0 Å². The lowest BCUT2D eigenvalue weighted by molar-refractivity contribution is -0.136. The lowest BCUT2D eigenvalue weighted by atomic mass is 10.2. The third-order valence-corrected chi connectivity index (χ3v) is 4.58. The summed E-state index contributed by atoms with van der Waals surface area (Å²) < 4.78 is 38.1. The van der Waals surface area contributed by atoms with Crippen molar-refractivity contribution in [3.63, 3.8) is 0 Å². The number of nitrogens with zero attached hydrogens (tertiary/aromatic N) is 1. The number of rotatable bonds is 4. The summed E-state index contributed by atoms with van der Waals surface area (Å²) in [6.45, 7) is 0.237. The van der Waals surface area contributed by atoms with E-state index in [1.165, 1.54) is 12.1 Å². The molecule has 0 saturated heterocycles. The molecule has 1 heterocycles. The van der Waals surface area contributed by atoms with Crippen LogP contribution in [0.5, 0.6) is 0 Å². The number of carboxylic acid groups (broad SMARTS) is 1. The highest BCUT2D eigenvalue weighted by molar-refractivity contribution is 7.92. The summed E-state index contributed by atoms with van der Waals surface area (Å²) in [6.07, 6.45) is 0.0609. The molecular formula is C11H12FNO4S. The molecule has 0 aromatic heterocycles. The first-order valence-corrected chi connectivity index (χ1v) is 7.02. The van der Waals surface area contributed by atoms with Gasteiger partial charge in [0, 0.05) is 6.54 Å². The number of carbonyl (C=O) groups is 1. The van der Waals surface area contributed by atoms with Gasteiger partial charge in [-0.3, -0.25) is 9.10 Å². The molecule has 98 valence electrons. The Hall–Kier alpha value is -1.63. The van der Waals surface area contributed by atoms with Gasteiger partial charge in [-0.05, 0) is 24.1 Å². The van der Waals surface area contributed by atoms with E-state index in [0.29, 0.717) is 12.1 Å². The zero-order valence-corrected chi connectivity index (χ0v) is 10.3. The number of anilines is 1. The van der Waals surface area contributed by atoms with Crippen LogP contribution < -0.4 is 4.31 Å². The number of fused-ring (bicyclic) bond motifs is 1. The maximum Gasteiger partial charge on any atom is 0.304 e. The van der Waals surface area contributed by atoms with Gasteiger partial charge < -0.3 is 5.11 Å². The van der Waals surface area contributed by atoms with Gasteiger partial charge in [-0.25, -0.2) is 12.8 Å². The zero-order chi connectivity index (χ0) is 13.3. The summed E-state index contributed by atoms with van der Waals surface area (Å²) in [6, 6.07) is 4.00. The third kappa shape index (κ3) is 2.45. The molecule has 0 amide bonds. The zero-order valence-electron chi connectivity index (χ0n) is 9.47. The summed E-state index contributed by atoms with van der Waals surface area (Å²) in [5.41, 5.74) is 1.08. The monoisotopic (exact) mass is 273 g/mol. The van der Waals surface area contributed by atoms with E-state index < -0.39 is 34.0 Å². The second kappa shape index (κ2) is 4.56. The van der Waals surface area contributed by atoms with E-state index in [1.807, 2.05) is 0 Å². The topological polar surface area (TPSA) is 74.7 Å². The molecule has 0 bridgehead atoms. The highest BCUT2D eigenvalue weighted by atomic mass is 32.2. The molecule has 1 aromatic carbocycles. The van der Waals surface area contributed by atoms with Gasteiger partial charge in [0.2, 0.25) is 10.0 Å². The Morgan fingerprint density at radius 2 is 2.17 bits per heavy atom. The number of carboxylic acids is 1. The highest BCUT2D eigenvalue weighted by Gasteiger charge is 2.29. The van der Waals surface area contributed by atoms with Crippen LogP contribution >= 0.6 is 0 Å². The molecule has 7 heteroatoms. The first kappa shape index (κ1) is 12.8. The van der Waals surface area contributed by atoms with Gasteiger partial charge in [0.1, 0.15) is 5.82 Å². The molecule has 1 aliphatic rings. The van der Waals surface area contributed by atoms with Crippen molar-refractivity contribution in [1.82, 2.24) is 0 Å². The van der Waals surface area contributed by atoms with Crippen LogP contribution in [0.1, 0.15) is 12.0 Å². The van der Waals surface area contributed by atoms with Gasteiger partial charge in [0.25, 0.3) is 0 Å². The fraction of sp³-hybridized carbons (Fsp3) is 0.364. The molecule has 0 spiro atoms. The first-order chi connectivity index (χ1) is 8.40. The highest BCUT2D eigenvalue weighted by Crippen LogP contribution is 2.31. The predicted octanol–water partition coefficient (Wildman–Crippen LogP) is 0.993. The molecule has 5 nitrogen and oxygen atoms in total. The molecule has 0 saturated carbocycles. The van der Waals surface area contributed by atoms with Crippen molar-refractivity contribution in [2.45, 2.75) is 12.8 Å². The summed E-state index contributed by atoms with van der Waals surface area (Å²) in [4.78, 5) is 10.4.